The molecule has 1 saturated carbocycles. The largest absolute Gasteiger partial charge is 0.481 e. The van der Waals surface area contributed by atoms with Crippen molar-refractivity contribution in [1.82, 2.24) is 20.2 Å². The molecule has 2 aromatic heterocycles. The maximum atomic E-state index is 13.5. The molecule has 3 fully saturated rings. The quantitative estimate of drug-likeness (QED) is 0.282. The van der Waals surface area contributed by atoms with Crippen LogP contribution in [0.1, 0.15) is 85.8 Å². The van der Waals surface area contributed by atoms with Crippen molar-refractivity contribution >= 4 is 34.8 Å². The van der Waals surface area contributed by atoms with Crippen LogP contribution in [0.2, 0.25) is 0 Å². The normalized spacial score (nSPS) is 18.9. The number of thiophene rings is 1. The molecular weight excluding hydrogens is 611 g/mol. The summed E-state index contributed by atoms with van der Waals surface area (Å²) in [6.45, 7) is 8.72. The van der Waals surface area contributed by atoms with Crippen molar-refractivity contribution in [2.24, 2.45) is 17.8 Å². The van der Waals surface area contributed by atoms with Gasteiger partial charge in [-0.2, -0.15) is 0 Å². The minimum Gasteiger partial charge on any atom is -0.481 e. The number of hydrogen-bond donors (Lipinski definition) is 2. The molecule has 1 aromatic carbocycles. The van der Waals surface area contributed by atoms with E-state index >= 15 is 0 Å². The van der Waals surface area contributed by atoms with Gasteiger partial charge in [-0.25, -0.2) is 9.97 Å². The van der Waals surface area contributed by atoms with Crippen LogP contribution in [-0.2, 0) is 21.4 Å². The molecule has 2 aliphatic heterocycles. The van der Waals surface area contributed by atoms with E-state index in [2.05, 4.69) is 41.0 Å². The van der Waals surface area contributed by atoms with Gasteiger partial charge in [-0.05, 0) is 47.8 Å². The van der Waals surface area contributed by atoms with Crippen LogP contribution in [0.15, 0.2) is 48.8 Å². The highest BCUT2D eigenvalue weighted by molar-refractivity contribution is 7.14. The SMILES string of the molecule is CC(C)(C)c1ccc(C(=O)NC(Cc2ccc(-c3ncc(N4CCC(C5CCCCC5)CC4)cn3)cc2)C(=O)N2CC(C(=O)O)C2)s1. The third-order valence-electron chi connectivity index (χ3n) is 10.2. The number of piperidine rings is 1. The average molecular weight is 658 g/mol. The summed E-state index contributed by atoms with van der Waals surface area (Å²) < 4.78 is 0. The second kappa shape index (κ2) is 14.1. The number of hydrogen-bond acceptors (Lipinski definition) is 7. The van der Waals surface area contributed by atoms with Crippen LogP contribution in [0.25, 0.3) is 11.4 Å². The van der Waals surface area contributed by atoms with Crippen LogP contribution in [0, 0.1) is 17.8 Å². The van der Waals surface area contributed by atoms with Crippen LogP contribution in [0.3, 0.4) is 0 Å². The van der Waals surface area contributed by atoms with Crippen molar-refractivity contribution < 1.29 is 19.5 Å². The Morgan fingerprint density at radius 3 is 2.15 bits per heavy atom. The van der Waals surface area contributed by atoms with E-state index in [9.17, 15) is 19.5 Å². The number of rotatable bonds is 9. The summed E-state index contributed by atoms with van der Waals surface area (Å²) in [4.78, 5) is 53.0. The fourth-order valence-electron chi connectivity index (χ4n) is 7.22. The van der Waals surface area contributed by atoms with E-state index in [0.717, 1.165) is 46.6 Å². The monoisotopic (exact) mass is 657 g/mol. The summed E-state index contributed by atoms with van der Waals surface area (Å²) in [5, 5.41) is 12.3. The predicted molar refractivity (Wildman–Crippen MR) is 185 cm³/mol. The Labute approximate surface area is 281 Å². The first-order chi connectivity index (χ1) is 22.5. The minimum atomic E-state index is -0.909. The van der Waals surface area contributed by atoms with Gasteiger partial charge in [0.15, 0.2) is 5.82 Å². The molecule has 4 heterocycles. The van der Waals surface area contributed by atoms with Crippen molar-refractivity contribution in [3.8, 4) is 11.4 Å². The molecule has 250 valence electrons. The van der Waals surface area contributed by atoms with E-state index in [4.69, 9.17) is 0 Å². The Hall–Kier alpha value is -3.79. The molecule has 1 atom stereocenters. The molecule has 3 aliphatic rings. The molecule has 10 heteroatoms. The highest BCUT2D eigenvalue weighted by Crippen LogP contribution is 2.36. The number of carboxylic acids is 1. The smallest absolute Gasteiger partial charge is 0.310 e. The van der Waals surface area contributed by atoms with Crippen molar-refractivity contribution in [1.29, 1.82) is 0 Å². The van der Waals surface area contributed by atoms with Crippen molar-refractivity contribution in [3.05, 3.63) is 64.1 Å². The molecule has 1 unspecified atom stereocenters. The summed E-state index contributed by atoms with van der Waals surface area (Å²) in [7, 11) is 0. The zero-order valence-corrected chi connectivity index (χ0v) is 28.6. The van der Waals surface area contributed by atoms with Gasteiger partial charge in [0, 0.05) is 43.0 Å². The van der Waals surface area contributed by atoms with Crippen molar-refractivity contribution in [2.75, 3.05) is 31.1 Å². The molecule has 9 nitrogen and oxygen atoms in total. The first kappa shape index (κ1) is 33.1. The van der Waals surface area contributed by atoms with E-state index in [1.807, 2.05) is 42.7 Å². The highest BCUT2D eigenvalue weighted by Gasteiger charge is 2.39. The predicted octanol–water partition coefficient (Wildman–Crippen LogP) is 6.18. The molecule has 2 N–H and O–H groups in total. The third-order valence-corrected chi connectivity index (χ3v) is 11.7. The van der Waals surface area contributed by atoms with Gasteiger partial charge < -0.3 is 20.2 Å². The van der Waals surface area contributed by atoms with Gasteiger partial charge in [0.05, 0.1) is 28.9 Å². The number of carbonyl (C=O) groups excluding carboxylic acids is 2. The number of anilines is 1. The van der Waals surface area contributed by atoms with Crippen LogP contribution in [-0.4, -0.2) is 70.0 Å². The minimum absolute atomic E-state index is 0.0843. The number of aromatic nitrogens is 2. The van der Waals surface area contributed by atoms with Gasteiger partial charge in [-0.3, -0.25) is 14.4 Å². The number of carbonyl (C=O) groups is 3. The molecule has 0 bridgehead atoms. The molecule has 0 spiro atoms. The zero-order chi connectivity index (χ0) is 33.1. The van der Waals surface area contributed by atoms with Gasteiger partial charge in [-0.15, -0.1) is 11.3 Å². The molecule has 47 heavy (non-hydrogen) atoms. The lowest BCUT2D eigenvalue weighted by Crippen LogP contribution is -2.59. The fourth-order valence-corrected chi connectivity index (χ4v) is 8.19. The van der Waals surface area contributed by atoms with E-state index < -0.39 is 17.9 Å². The Morgan fingerprint density at radius 2 is 1.55 bits per heavy atom. The molecule has 2 saturated heterocycles. The Bertz CT molecular complexity index is 1540. The zero-order valence-electron chi connectivity index (χ0n) is 27.8. The summed E-state index contributed by atoms with van der Waals surface area (Å²) >= 11 is 1.42. The lowest BCUT2D eigenvalue weighted by Gasteiger charge is -2.38. The van der Waals surface area contributed by atoms with Crippen LogP contribution < -0.4 is 10.2 Å². The topological polar surface area (TPSA) is 116 Å². The molecule has 3 aromatic rings. The molecule has 6 rings (SSSR count). The summed E-state index contributed by atoms with van der Waals surface area (Å²) in [5.74, 6) is 0.370. The number of amides is 2. The molecule has 1 aliphatic carbocycles. The van der Waals surface area contributed by atoms with Crippen molar-refractivity contribution in [2.45, 2.75) is 83.6 Å². The first-order valence-corrected chi connectivity index (χ1v) is 18.0. The maximum absolute atomic E-state index is 13.5. The Kier molecular flexibility index (Phi) is 9.96. The number of carboxylic acid groups (broad SMARTS) is 1. The summed E-state index contributed by atoms with van der Waals surface area (Å²) in [6.07, 6.45) is 13.7. The van der Waals surface area contributed by atoms with Gasteiger partial charge in [0.2, 0.25) is 5.91 Å². The molecular formula is C37H47N5O4S. The summed E-state index contributed by atoms with van der Waals surface area (Å²) in [5.41, 5.74) is 2.74. The summed E-state index contributed by atoms with van der Waals surface area (Å²) in [6, 6.07) is 10.7. The van der Waals surface area contributed by atoms with Crippen molar-refractivity contribution in [3.63, 3.8) is 0 Å². The van der Waals surface area contributed by atoms with E-state index in [0.29, 0.717) is 10.7 Å². The molecule has 0 radical (unpaired) electrons. The number of aliphatic carboxylic acids is 1. The number of nitrogens with zero attached hydrogens (tertiary/aromatic N) is 4. The second-order valence-corrected chi connectivity index (χ2v) is 15.7. The first-order valence-electron chi connectivity index (χ1n) is 17.1. The van der Waals surface area contributed by atoms with Crippen LogP contribution in [0.4, 0.5) is 5.69 Å². The third kappa shape index (κ3) is 7.86. The number of nitrogens with one attached hydrogen (secondary N) is 1. The van der Waals surface area contributed by atoms with Gasteiger partial charge in [0.25, 0.3) is 5.91 Å². The fraction of sp³-hybridized carbons (Fsp3) is 0.541. The second-order valence-electron chi connectivity index (χ2n) is 14.6. The van der Waals surface area contributed by atoms with Gasteiger partial charge >= 0.3 is 5.97 Å². The van der Waals surface area contributed by atoms with E-state index in [1.165, 1.54) is 61.2 Å². The Balaban J connectivity index is 1.09. The maximum Gasteiger partial charge on any atom is 0.310 e. The van der Waals surface area contributed by atoms with Gasteiger partial charge in [-0.1, -0.05) is 77.1 Å². The van der Waals surface area contributed by atoms with Crippen LogP contribution >= 0.6 is 11.3 Å². The Morgan fingerprint density at radius 1 is 0.915 bits per heavy atom. The number of likely N-dealkylation sites (tertiary alicyclic amines) is 1. The number of benzene rings is 1. The average Bonchev–Trinajstić information content (AvgIpc) is 3.56. The van der Waals surface area contributed by atoms with E-state index in [-0.39, 0.29) is 36.7 Å². The van der Waals surface area contributed by atoms with E-state index in [1.54, 1.807) is 6.07 Å². The standard InChI is InChI=1S/C37H47N5O4S/c1-37(2,3)32-14-13-31(47-32)34(43)40-30(35(44)42-22-28(23-42)36(45)46)19-24-9-11-27(12-10-24)33-38-20-29(21-39-33)41-17-15-26(16-18-41)25-7-5-4-6-8-25/h9-14,20-21,25-26,28,30H,4-8,15-19,22-23H2,1-3H3,(H,40,43)(H,45,46). The lowest BCUT2D eigenvalue weighted by atomic mass is 9.76. The van der Waals surface area contributed by atoms with Gasteiger partial charge in [0.1, 0.15) is 6.04 Å². The van der Waals surface area contributed by atoms with Crippen LogP contribution in [0.5, 0.6) is 0 Å². The highest BCUT2D eigenvalue weighted by atomic mass is 32.1. The lowest BCUT2D eigenvalue weighted by molar-refractivity contribution is -0.153. The molecule has 2 amide bonds.